The molecule has 0 aliphatic rings. The summed E-state index contributed by atoms with van der Waals surface area (Å²) < 4.78 is 23.0. The Morgan fingerprint density at radius 1 is 0.415 bits per heavy atom. The second-order valence-electron chi connectivity index (χ2n) is 17.6. The minimum atomic E-state index is -0.933. The van der Waals surface area contributed by atoms with Gasteiger partial charge in [-0.05, 0) is 76.3 Å². The largest absolute Gasteiger partial charge is 2.00 e. The fourth-order valence-corrected chi connectivity index (χ4v) is 7.79. The van der Waals surface area contributed by atoms with E-state index in [1.807, 2.05) is 74.5 Å². The first-order valence-corrected chi connectivity index (χ1v) is 25.0. The number of benzene rings is 2. The Kier molecular flexibility index (Phi) is 42.8. The zero-order valence-electron chi connectivity index (χ0n) is 41.1. The van der Waals surface area contributed by atoms with Crippen LogP contribution in [0.4, 0.5) is 0 Å². The van der Waals surface area contributed by atoms with Crippen molar-refractivity contribution in [2.75, 3.05) is 0 Å². The maximum atomic E-state index is 11.5. The van der Waals surface area contributed by atoms with Gasteiger partial charge in [0.1, 0.15) is 12.2 Å². The molecule has 0 saturated carbocycles. The zero-order valence-corrected chi connectivity index (χ0v) is 45.5. The predicted molar refractivity (Wildman–Crippen MR) is 258 cm³/mol. The third-order valence-electron chi connectivity index (χ3n) is 11.6. The summed E-state index contributed by atoms with van der Waals surface area (Å²) in [6, 6.07) is 20.1. The second kappa shape index (κ2) is 44.3. The fourth-order valence-electron chi connectivity index (χ4n) is 7.79. The Morgan fingerprint density at radius 2 is 0.662 bits per heavy atom. The van der Waals surface area contributed by atoms with Gasteiger partial charge in [-0.2, -0.15) is 0 Å². The molecule has 2 aromatic rings. The summed E-state index contributed by atoms with van der Waals surface area (Å²) in [5, 5.41) is 20.7. The van der Waals surface area contributed by atoms with Gasteiger partial charge in [-0.25, -0.2) is 0 Å². The Bertz CT molecular complexity index is 1320. The Labute approximate surface area is 434 Å². The van der Waals surface area contributed by atoms with Gasteiger partial charge in [-0.1, -0.05) is 189 Å². The molecule has 0 fully saturated rings. The summed E-state index contributed by atoms with van der Waals surface area (Å²) in [7, 11) is 0. The number of rotatable bonds is 40. The van der Waals surface area contributed by atoms with E-state index in [2.05, 4.69) is 0 Å². The Morgan fingerprint density at radius 3 is 0.908 bits per heavy atom. The number of esters is 2. The van der Waals surface area contributed by atoms with Gasteiger partial charge < -0.3 is 38.7 Å². The molecule has 0 bridgehead atoms. The van der Waals surface area contributed by atoms with E-state index in [4.69, 9.17) is 18.9 Å². The molecule has 65 heavy (non-hydrogen) atoms. The number of hydrogen-bond donors (Lipinski definition) is 0. The van der Waals surface area contributed by atoms with E-state index in [1.54, 1.807) is 0 Å². The summed E-state index contributed by atoms with van der Waals surface area (Å²) in [5.74, 6) is -2.36. The number of aliphatic carboxylic acids is 2. The molecule has 2 aromatic carbocycles. The molecule has 0 saturated heterocycles. The van der Waals surface area contributed by atoms with Gasteiger partial charge in [-0.3, -0.25) is 9.59 Å². The third kappa shape index (κ3) is 40.6. The predicted octanol–water partition coefficient (Wildman–Crippen LogP) is 11.1. The molecule has 0 aliphatic heterocycles. The van der Waals surface area contributed by atoms with Gasteiger partial charge in [0.05, 0.1) is 25.4 Å². The number of carbonyl (C=O) groups is 4. The third-order valence-corrected chi connectivity index (χ3v) is 11.6. The summed E-state index contributed by atoms with van der Waals surface area (Å²) in [4.78, 5) is 43.7. The van der Waals surface area contributed by atoms with Crippen molar-refractivity contribution in [2.45, 2.75) is 245 Å². The molecule has 0 heterocycles. The number of hydrogen-bond acceptors (Lipinski definition) is 10. The average molecular weight is 1030 g/mol. The molecule has 0 spiro atoms. The van der Waals surface area contributed by atoms with Crippen LogP contribution in [-0.4, -0.2) is 97.2 Å². The Hall–Kier alpha value is -2.19. The van der Waals surface area contributed by atoms with Crippen LogP contribution in [0.15, 0.2) is 60.7 Å². The molecule has 4 unspecified atom stereocenters. The van der Waals surface area contributed by atoms with E-state index in [9.17, 15) is 29.4 Å². The van der Waals surface area contributed by atoms with Crippen molar-refractivity contribution in [3.8, 4) is 0 Å². The summed E-state index contributed by atoms with van der Waals surface area (Å²) in [5.41, 5.74) is 2.24. The molecule has 0 radical (unpaired) electrons. The monoisotopic (exact) mass is 1030 g/mol. The molecule has 0 N–H and O–H groups in total. The van der Waals surface area contributed by atoms with Crippen LogP contribution < -0.4 is 10.2 Å². The first-order valence-electron chi connectivity index (χ1n) is 25.0. The van der Waals surface area contributed by atoms with E-state index in [-0.39, 0.29) is 98.1 Å². The number of carboxylic acid groups (broad SMARTS) is 2. The number of unbranched alkanes of at least 4 members (excludes halogenated alkanes) is 22. The van der Waals surface area contributed by atoms with Crippen LogP contribution in [0.2, 0.25) is 0 Å². The van der Waals surface area contributed by atoms with Crippen LogP contribution >= 0.6 is 0 Å². The van der Waals surface area contributed by atoms with Crippen molar-refractivity contribution >= 4 is 72.8 Å². The van der Waals surface area contributed by atoms with E-state index in [0.717, 1.165) is 88.2 Å². The topological polar surface area (TPSA) is 151 Å². The van der Waals surface area contributed by atoms with Crippen molar-refractivity contribution < 1.29 is 48.3 Å². The molecule has 0 aliphatic carbocycles. The molecule has 0 aromatic heterocycles. The number of carbonyl (C=O) groups excluding carboxylic acids is 4. The van der Waals surface area contributed by atoms with Gasteiger partial charge in [0.15, 0.2) is 0 Å². The standard InChI is InChI=1S/2C27H44O5.Ba/c2*1-23(31-22-25-18-14-13-15-19-25)26(32-24(2)28)20-16-11-9-7-5-3-4-6-8-10-12-17-21-27(29)30;/h2*13-15,18-19,23,26H,3-12,16-17,20-22H2,1-2H3,(H,29,30);/q;;+2/p-2. The zero-order chi connectivity index (χ0) is 46.9. The summed E-state index contributed by atoms with van der Waals surface area (Å²) in [6.45, 7) is 7.95. The number of carboxylic acids is 2. The maximum absolute atomic E-state index is 11.5. The van der Waals surface area contributed by atoms with Crippen LogP contribution in [0, 0.1) is 0 Å². The molecular weight excluding hydrogens is 946 g/mol. The van der Waals surface area contributed by atoms with Gasteiger partial charge >= 0.3 is 60.8 Å². The van der Waals surface area contributed by atoms with Crippen molar-refractivity contribution in [1.29, 1.82) is 0 Å². The smallest absolute Gasteiger partial charge is 0.550 e. The molecule has 0 amide bonds. The van der Waals surface area contributed by atoms with Crippen molar-refractivity contribution in [3.05, 3.63) is 71.8 Å². The fraction of sp³-hybridized carbons (Fsp3) is 0.704. The van der Waals surface area contributed by atoms with Crippen LogP contribution in [0.3, 0.4) is 0 Å². The second-order valence-corrected chi connectivity index (χ2v) is 17.6. The molecule has 364 valence electrons. The normalized spacial score (nSPS) is 12.7. The first kappa shape index (κ1) is 62.8. The minimum absolute atomic E-state index is 0. The van der Waals surface area contributed by atoms with Crippen molar-refractivity contribution in [1.82, 2.24) is 0 Å². The van der Waals surface area contributed by atoms with Crippen LogP contribution in [0.1, 0.15) is 219 Å². The number of ether oxygens (including phenoxy) is 4. The maximum Gasteiger partial charge on any atom is 2.00 e. The average Bonchev–Trinajstić information content (AvgIpc) is 3.27. The quantitative estimate of drug-likeness (QED) is 0.0358. The van der Waals surface area contributed by atoms with Crippen LogP contribution in [0.5, 0.6) is 0 Å². The Balaban J connectivity index is 0.00000124. The molecular formula is C54H86BaO10. The summed E-state index contributed by atoms with van der Waals surface area (Å²) >= 11 is 0. The first-order chi connectivity index (χ1) is 31.0. The van der Waals surface area contributed by atoms with E-state index in [0.29, 0.717) is 13.2 Å². The summed E-state index contributed by atoms with van der Waals surface area (Å²) in [6.07, 6.45) is 29.1. The molecule has 4 atom stereocenters. The van der Waals surface area contributed by atoms with Crippen molar-refractivity contribution in [2.24, 2.45) is 0 Å². The van der Waals surface area contributed by atoms with E-state index >= 15 is 0 Å². The minimum Gasteiger partial charge on any atom is -0.550 e. The molecule has 2 rings (SSSR count). The molecule has 11 heteroatoms. The van der Waals surface area contributed by atoms with Crippen LogP contribution in [0.25, 0.3) is 0 Å². The van der Waals surface area contributed by atoms with Crippen molar-refractivity contribution in [3.63, 3.8) is 0 Å². The van der Waals surface area contributed by atoms with E-state index < -0.39 is 11.9 Å². The van der Waals surface area contributed by atoms with Gasteiger partial charge in [0.25, 0.3) is 0 Å². The van der Waals surface area contributed by atoms with Gasteiger partial charge in [0.2, 0.25) is 0 Å². The van der Waals surface area contributed by atoms with Gasteiger partial charge in [0, 0.05) is 25.8 Å². The van der Waals surface area contributed by atoms with Gasteiger partial charge in [-0.15, -0.1) is 0 Å². The van der Waals surface area contributed by atoms with E-state index in [1.165, 1.54) is 104 Å². The van der Waals surface area contributed by atoms with Crippen LogP contribution in [-0.2, 0) is 51.3 Å². The molecule has 10 nitrogen and oxygen atoms in total. The SMILES string of the molecule is CC(=O)OC(CCCCCCCCCCCCCCC(=O)[O-])C(C)OCc1ccccc1.CC(=O)OC(CCCCCCCCCCCCCCC(=O)[O-])C(C)OCc1ccccc1.[Ba+2].